The Bertz CT molecular complexity index is 2680. The number of rotatable bonds is 15. The first-order valence-electron chi connectivity index (χ1n) is 16.8. The van der Waals surface area contributed by atoms with Gasteiger partial charge in [-0.3, -0.25) is 0 Å². The van der Waals surface area contributed by atoms with Crippen LogP contribution in [0, 0.1) is 46.5 Å². The van der Waals surface area contributed by atoms with Gasteiger partial charge in [0.1, 0.15) is 5.75 Å². The van der Waals surface area contributed by atoms with Crippen molar-refractivity contribution in [3.05, 3.63) is 75.9 Å². The highest BCUT2D eigenvalue weighted by molar-refractivity contribution is 5.82. The summed E-state index contributed by atoms with van der Waals surface area (Å²) in [6.07, 6.45) is -16.6. The molecule has 3 aromatic rings. The number of hydrogen-bond acceptors (Lipinski definition) is 1. The number of hydrogen-bond donors (Lipinski definition) is 1. The van der Waals surface area contributed by atoms with Crippen LogP contribution in [0.15, 0.2) is 18.2 Å². The van der Waals surface area contributed by atoms with E-state index < -0.39 is 193 Å². The summed E-state index contributed by atoms with van der Waals surface area (Å²) < 4.78 is 566. The molecule has 0 amide bonds. The molecule has 422 valence electrons. The molecular weight excluding hydrogens is 1170 g/mol. The van der Waals surface area contributed by atoms with Crippen molar-refractivity contribution in [3.8, 4) is 28.0 Å². The molecule has 3 aromatic carbocycles. The van der Waals surface area contributed by atoms with Crippen LogP contribution < -0.4 is 0 Å². The van der Waals surface area contributed by atoms with Crippen LogP contribution in [0.2, 0.25) is 0 Å². The number of phenolic OH excluding ortho intramolecular Hbond substituents is 1. The molecule has 0 aliphatic heterocycles. The standard InChI is InChI=1S/C33H4F40O/c34-11-7(9(13(36)17(40)15(11)38)19(42,43)21(46,47)23(50,51)25(54,55)26(56,57)27(58,59)29(62,63)31(66,67)33(71,72)73)4-1-2-6(74)5(3-4)8-10(14(37)18(41)16(39)12(8)35)20(44,45)22(48,49)24(52,53)28(60,61)30(64,65)32(68,69)70/h1-3,74H. The Morgan fingerprint density at radius 2 is 0.486 bits per heavy atom. The number of halogens is 40. The van der Waals surface area contributed by atoms with E-state index in [1.807, 2.05) is 0 Å². The molecule has 0 saturated carbocycles. The van der Waals surface area contributed by atoms with Gasteiger partial charge in [-0.25, -0.2) is 35.1 Å². The molecule has 3 rings (SSSR count). The van der Waals surface area contributed by atoms with E-state index in [9.17, 15) is 137 Å². The smallest absolute Gasteiger partial charge is 0.460 e. The first kappa shape index (κ1) is 63.0. The van der Waals surface area contributed by atoms with Crippen molar-refractivity contribution in [2.24, 2.45) is 0 Å². The molecule has 1 nitrogen and oxygen atoms in total. The highest BCUT2D eigenvalue weighted by Gasteiger charge is 2.97. The van der Waals surface area contributed by atoms with Gasteiger partial charge in [-0.2, -0.15) is 140 Å². The predicted octanol–water partition coefficient (Wildman–Crippen LogP) is 16.1. The summed E-state index contributed by atoms with van der Waals surface area (Å²) in [6.45, 7) is 0. The van der Waals surface area contributed by atoms with Crippen molar-refractivity contribution in [2.75, 3.05) is 0 Å². The zero-order valence-electron chi connectivity index (χ0n) is 32.3. The molecule has 0 spiro atoms. The van der Waals surface area contributed by atoms with Gasteiger partial charge in [0.05, 0.1) is 11.1 Å². The summed E-state index contributed by atoms with van der Waals surface area (Å²) in [5, 5.41) is 10.1. The maximum Gasteiger partial charge on any atom is 0.460 e. The van der Waals surface area contributed by atoms with Crippen LogP contribution in [0.3, 0.4) is 0 Å². The third kappa shape index (κ3) is 7.74. The predicted molar refractivity (Wildman–Crippen MR) is 153 cm³/mol. The van der Waals surface area contributed by atoms with E-state index in [2.05, 4.69) is 0 Å². The van der Waals surface area contributed by atoms with Gasteiger partial charge in [0, 0.05) is 16.7 Å². The summed E-state index contributed by atoms with van der Waals surface area (Å²) in [5.74, 6) is -156. The number of alkyl halides is 32. The van der Waals surface area contributed by atoms with Gasteiger partial charge in [0.15, 0.2) is 46.5 Å². The number of benzene rings is 3. The van der Waals surface area contributed by atoms with Crippen LogP contribution in [0.25, 0.3) is 22.3 Å². The Morgan fingerprint density at radius 3 is 0.770 bits per heavy atom. The topological polar surface area (TPSA) is 20.2 Å². The van der Waals surface area contributed by atoms with Crippen molar-refractivity contribution in [1.82, 2.24) is 0 Å². The monoisotopic (exact) mass is 1180 g/mol. The van der Waals surface area contributed by atoms with Gasteiger partial charge in [-0.05, 0) is 17.7 Å². The van der Waals surface area contributed by atoms with Crippen LogP contribution in [0.1, 0.15) is 11.1 Å². The second-order valence-electron chi connectivity index (χ2n) is 14.2. The van der Waals surface area contributed by atoms with Crippen LogP contribution in [0.5, 0.6) is 5.75 Å². The zero-order chi connectivity index (χ0) is 59.3. The molecule has 1 N–H and O–H groups in total. The van der Waals surface area contributed by atoms with Crippen LogP contribution in [-0.2, 0) is 11.8 Å². The highest BCUT2D eigenvalue weighted by atomic mass is 19.4. The van der Waals surface area contributed by atoms with Gasteiger partial charge < -0.3 is 5.11 Å². The van der Waals surface area contributed by atoms with Crippen molar-refractivity contribution >= 4 is 0 Å². The molecule has 0 heterocycles. The molecule has 0 atom stereocenters. The van der Waals surface area contributed by atoms with Crippen LogP contribution >= 0.6 is 0 Å². The lowest BCUT2D eigenvalue weighted by Gasteiger charge is -2.44. The Kier molecular flexibility index (Phi) is 14.5. The molecule has 0 bridgehead atoms. The van der Waals surface area contributed by atoms with E-state index in [0.29, 0.717) is 0 Å². The van der Waals surface area contributed by atoms with Gasteiger partial charge in [-0.1, -0.05) is 6.07 Å². The van der Waals surface area contributed by atoms with E-state index in [-0.39, 0.29) is 0 Å². The average molecular weight is 1180 g/mol. The molecule has 74 heavy (non-hydrogen) atoms. The third-order valence-electron chi connectivity index (χ3n) is 9.77. The first-order chi connectivity index (χ1) is 32.2. The molecule has 41 heteroatoms. The SMILES string of the molecule is Oc1ccc(-c2c(F)c(F)c(F)c(F)c2C(F)(F)C(F)(F)C(F)(F)C(F)(F)C(F)(F)C(F)(F)C(F)(F)C(F)(F)C(F)(F)F)cc1-c1c(F)c(F)c(F)c(F)c1C(F)(F)C(F)(F)C(F)(F)C(F)(F)C(F)(F)C(F)(F)F. The fourth-order valence-electron chi connectivity index (χ4n) is 5.71. The second-order valence-corrected chi connectivity index (χ2v) is 14.2. The summed E-state index contributed by atoms with van der Waals surface area (Å²) in [7, 11) is 0. The summed E-state index contributed by atoms with van der Waals surface area (Å²) in [5.41, 5.74) is -23.9. The van der Waals surface area contributed by atoms with Gasteiger partial charge >= 0.3 is 89.3 Å². The summed E-state index contributed by atoms with van der Waals surface area (Å²) >= 11 is 0. The molecule has 0 aliphatic rings. The zero-order valence-corrected chi connectivity index (χ0v) is 32.3. The Labute approximate surface area is 374 Å². The van der Waals surface area contributed by atoms with Gasteiger partial charge in [0.25, 0.3) is 0 Å². The summed E-state index contributed by atoms with van der Waals surface area (Å²) in [4.78, 5) is 0. The minimum atomic E-state index is -9.82. The quantitative estimate of drug-likeness (QED) is 0.0913. The van der Waals surface area contributed by atoms with E-state index >= 15 is 43.9 Å². The van der Waals surface area contributed by atoms with Crippen molar-refractivity contribution in [3.63, 3.8) is 0 Å². The van der Waals surface area contributed by atoms with E-state index in [4.69, 9.17) is 0 Å². The normalized spacial score (nSPS) is 15.4. The molecule has 0 unspecified atom stereocenters. The molecule has 0 fully saturated rings. The second kappa shape index (κ2) is 17.1. The van der Waals surface area contributed by atoms with E-state index in [0.717, 1.165) is 0 Å². The van der Waals surface area contributed by atoms with Crippen LogP contribution in [0.4, 0.5) is 176 Å². The number of phenols is 1. The van der Waals surface area contributed by atoms with Gasteiger partial charge in [-0.15, -0.1) is 0 Å². The Balaban J connectivity index is 2.60. The molecule has 0 aromatic heterocycles. The third-order valence-corrected chi connectivity index (χ3v) is 9.77. The maximum atomic E-state index is 15.6. The fourth-order valence-corrected chi connectivity index (χ4v) is 5.71. The van der Waals surface area contributed by atoms with E-state index in [1.165, 1.54) is 0 Å². The lowest BCUT2D eigenvalue weighted by molar-refractivity contribution is -0.469. The maximum absolute atomic E-state index is 15.6. The summed E-state index contributed by atoms with van der Waals surface area (Å²) in [6, 6.07) is -3.56. The van der Waals surface area contributed by atoms with Gasteiger partial charge in [0.2, 0.25) is 0 Å². The highest BCUT2D eigenvalue weighted by Crippen LogP contribution is 2.68. The molecular formula is C33H4F40O. The number of aromatic hydroxyl groups is 1. The van der Waals surface area contributed by atoms with E-state index in [1.54, 1.807) is 0 Å². The van der Waals surface area contributed by atoms with Crippen molar-refractivity contribution < 1.29 is 181 Å². The molecule has 0 saturated heterocycles. The van der Waals surface area contributed by atoms with Crippen molar-refractivity contribution in [2.45, 2.75) is 89.3 Å². The van der Waals surface area contributed by atoms with Crippen molar-refractivity contribution in [1.29, 1.82) is 0 Å². The Morgan fingerprint density at radius 1 is 0.257 bits per heavy atom. The molecule has 0 radical (unpaired) electrons. The fraction of sp³-hybridized carbons (Fsp3) is 0.455. The van der Waals surface area contributed by atoms with Crippen LogP contribution in [-0.4, -0.2) is 82.6 Å². The minimum Gasteiger partial charge on any atom is -0.507 e. The average Bonchev–Trinajstić information content (AvgIpc) is 3.22. The lowest BCUT2D eigenvalue weighted by atomic mass is 9.83. The largest absolute Gasteiger partial charge is 0.507 e. The first-order valence-corrected chi connectivity index (χ1v) is 16.8. The Hall–Kier alpha value is -5.34. The lowest BCUT2D eigenvalue weighted by Crippen LogP contribution is -2.75. The molecule has 0 aliphatic carbocycles. The minimum absolute atomic E-state index is 0.982.